The van der Waals surface area contributed by atoms with Gasteiger partial charge in [-0.1, -0.05) is 20.8 Å². The van der Waals surface area contributed by atoms with Crippen molar-refractivity contribution in [2.45, 2.75) is 33.6 Å². The number of ether oxygens (including phenoxy) is 1. The highest BCUT2D eigenvalue weighted by Gasteiger charge is 2.50. The average Bonchev–Trinajstić information content (AvgIpc) is 2.16. The Morgan fingerprint density at radius 1 is 1.31 bits per heavy atom. The summed E-state index contributed by atoms with van der Waals surface area (Å²) in [6.45, 7) is 9.65. The summed E-state index contributed by atoms with van der Waals surface area (Å²) >= 11 is 0. The van der Waals surface area contributed by atoms with Crippen LogP contribution < -0.4 is 0 Å². The quantitative estimate of drug-likeness (QED) is 0.718. The van der Waals surface area contributed by atoms with Gasteiger partial charge in [0, 0.05) is 13.1 Å². The standard InChI is InChI=1S/C13H23NO2/c1-10(2)13(8-16-9-13)12(15)14-6-4-11(3)5-7-14/h10-11H,4-9H2,1-3H3. The molecule has 16 heavy (non-hydrogen) atoms. The highest BCUT2D eigenvalue weighted by Crippen LogP contribution is 2.38. The summed E-state index contributed by atoms with van der Waals surface area (Å²) in [4.78, 5) is 14.6. The van der Waals surface area contributed by atoms with Gasteiger partial charge in [-0.3, -0.25) is 4.79 Å². The van der Waals surface area contributed by atoms with Gasteiger partial charge in [-0.25, -0.2) is 0 Å². The van der Waals surface area contributed by atoms with E-state index in [-0.39, 0.29) is 5.41 Å². The van der Waals surface area contributed by atoms with Gasteiger partial charge < -0.3 is 9.64 Å². The summed E-state index contributed by atoms with van der Waals surface area (Å²) in [5.74, 6) is 1.49. The van der Waals surface area contributed by atoms with Gasteiger partial charge >= 0.3 is 0 Å². The number of nitrogens with zero attached hydrogens (tertiary/aromatic N) is 1. The fourth-order valence-electron chi connectivity index (χ4n) is 2.55. The summed E-state index contributed by atoms with van der Waals surface area (Å²) in [6.07, 6.45) is 2.31. The second-order valence-electron chi connectivity index (χ2n) is 5.78. The van der Waals surface area contributed by atoms with Crippen molar-refractivity contribution in [2.24, 2.45) is 17.3 Å². The molecule has 0 spiro atoms. The van der Waals surface area contributed by atoms with Crippen molar-refractivity contribution in [3.05, 3.63) is 0 Å². The highest BCUT2D eigenvalue weighted by molar-refractivity contribution is 5.84. The molecular weight excluding hydrogens is 202 g/mol. The van der Waals surface area contributed by atoms with Crippen molar-refractivity contribution < 1.29 is 9.53 Å². The molecule has 0 aromatic carbocycles. The molecule has 0 aliphatic carbocycles. The minimum absolute atomic E-state index is 0.208. The van der Waals surface area contributed by atoms with Crippen LogP contribution in [0.5, 0.6) is 0 Å². The van der Waals surface area contributed by atoms with Gasteiger partial charge in [0.1, 0.15) is 0 Å². The van der Waals surface area contributed by atoms with E-state index >= 15 is 0 Å². The monoisotopic (exact) mass is 225 g/mol. The Kier molecular flexibility index (Phi) is 3.24. The lowest BCUT2D eigenvalue weighted by atomic mass is 9.74. The minimum atomic E-state index is -0.208. The van der Waals surface area contributed by atoms with Gasteiger partial charge in [0.05, 0.1) is 18.6 Å². The lowest BCUT2D eigenvalue weighted by Gasteiger charge is -2.47. The molecule has 0 unspecified atom stereocenters. The number of carbonyl (C=O) groups is 1. The molecule has 92 valence electrons. The van der Waals surface area contributed by atoms with E-state index in [1.807, 2.05) is 0 Å². The molecule has 0 aromatic heterocycles. The van der Waals surface area contributed by atoms with Gasteiger partial charge in [0.2, 0.25) is 5.91 Å². The number of likely N-dealkylation sites (tertiary alicyclic amines) is 1. The van der Waals surface area contributed by atoms with Crippen LogP contribution in [0, 0.1) is 17.3 Å². The molecule has 0 radical (unpaired) electrons. The predicted molar refractivity (Wildman–Crippen MR) is 63.1 cm³/mol. The number of amides is 1. The zero-order chi connectivity index (χ0) is 11.8. The van der Waals surface area contributed by atoms with E-state index in [1.165, 1.54) is 0 Å². The molecule has 2 rings (SSSR count). The molecule has 2 aliphatic heterocycles. The third kappa shape index (κ3) is 1.86. The molecule has 0 aromatic rings. The molecule has 3 nitrogen and oxygen atoms in total. The van der Waals surface area contributed by atoms with Crippen molar-refractivity contribution in [2.75, 3.05) is 26.3 Å². The zero-order valence-electron chi connectivity index (χ0n) is 10.7. The van der Waals surface area contributed by atoms with Crippen LogP contribution in [0.25, 0.3) is 0 Å². The van der Waals surface area contributed by atoms with Gasteiger partial charge in [0.25, 0.3) is 0 Å². The molecule has 0 atom stereocenters. The Hall–Kier alpha value is -0.570. The highest BCUT2D eigenvalue weighted by atomic mass is 16.5. The van der Waals surface area contributed by atoms with Crippen molar-refractivity contribution in [3.63, 3.8) is 0 Å². The molecule has 2 aliphatic rings. The van der Waals surface area contributed by atoms with Crippen LogP contribution in [0.2, 0.25) is 0 Å². The first-order valence-corrected chi connectivity index (χ1v) is 6.43. The van der Waals surface area contributed by atoms with Crippen LogP contribution in [0.15, 0.2) is 0 Å². The normalized spacial score (nSPS) is 25.6. The number of rotatable bonds is 2. The van der Waals surface area contributed by atoms with E-state index in [0.29, 0.717) is 25.0 Å². The second kappa shape index (κ2) is 4.36. The number of hydrogen-bond acceptors (Lipinski definition) is 2. The number of carbonyl (C=O) groups excluding carboxylic acids is 1. The Morgan fingerprint density at radius 3 is 2.25 bits per heavy atom. The van der Waals surface area contributed by atoms with E-state index in [9.17, 15) is 4.79 Å². The lowest BCUT2D eigenvalue weighted by molar-refractivity contribution is -0.183. The van der Waals surface area contributed by atoms with Gasteiger partial charge in [-0.2, -0.15) is 0 Å². The molecule has 0 bridgehead atoms. The minimum Gasteiger partial charge on any atom is -0.379 e. The molecule has 3 heteroatoms. The maximum atomic E-state index is 12.5. The second-order valence-corrected chi connectivity index (χ2v) is 5.78. The molecule has 0 saturated carbocycles. The third-order valence-corrected chi connectivity index (χ3v) is 4.32. The Bertz CT molecular complexity index is 263. The third-order valence-electron chi connectivity index (χ3n) is 4.32. The predicted octanol–water partition coefficient (Wildman–Crippen LogP) is 1.92. The molecule has 2 heterocycles. The topological polar surface area (TPSA) is 29.5 Å². The van der Waals surface area contributed by atoms with Gasteiger partial charge in [-0.15, -0.1) is 0 Å². The first-order valence-electron chi connectivity index (χ1n) is 6.43. The zero-order valence-corrected chi connectivity index (χ0v) is 10.7. The first-order chi connectivity index (χ1) is 7.56. The van der Waals surface area contributed by atoms with Crippen molar-refractivity contribution in [1.29, 1.82) is 0 Å². The average molecular weight is 225 g/mol. The van der Waals surface area contributed by atoms with E-state index in [1.54, 1.807) is 0 Å². The van der Waals surface area contributed by atoms with E-state index < -0.39 is 0 Å². The smallest absolute Gasteiger partial charge is 0.233 e. The Labute approximate surface area is 98.1 Å². The molecule has 2 fully saturated rings. The summed E-state index contributed by atoms with van der Waals surface area (Å²) in [6, 6.07) is 0. The van der Waals surface area contributed by atoms with Crippen LogP contribution in [0.3, 0.4) is 0 Å². The van der Waals surface area contributed by atoms with Crippen molar-refractivity contribution in [1.82, 2.24) is 4.90 Å². The lowest BCUT2D eigenvalue weighted by Crippen LogP contribution is -2.59. The van der Waals surface area contributed by atoms with Crippen LogP contribution >= 0.6 is 0 Å². The molecule has 0 N–H and O–H groups in total. The molecule has 1 amide bonds. The van der Waals surface area contributed by atoms with Gasteiger partial charge in [-0.05, 0) is 24.7 Å². The maximum absolute atomic E-state index is 12.5. The number of piperidine rings is 1. The maximum Gasteiger partial charge on any atom is 0.233 e. The Balaban J connectivity index is 2.01. The molecule has 2 saturated heterocycles. The first kappa shape index (κ1) is 11.9. The van der Waals surface area contributed by atoms with Crippen LogP contribution in [0.4, 0.5) is 0 Å². The summed E-state index contributed by atoms with van der Waals surface area (Å²) in [5, 5.41) is 0. The Morgan fingerprint density at radius 2 is 1.88 bits per heavy atom. The SMILES string of the molecule is CC1CCN(C(=O)C2(C(C)C)COC2)CC1. The van der Waals surface area contributed by atoms with E-state index in [0.717, 1.165) is 31.8 Å². The fourth-order valence-corrected chi connectivity index (χ4v) is 2.55. The van der Waals surface area contributed by atoms with E-state index in [4.69, 9.17) is 4.74 Å². The van der Waals surface area contributed by atoms with Crippen molar-refractivity contribution >= 4 is 5.91 Å². The summed E-state index contributed by atoms with van der Waals surface area (Å²) in [7, 11) is 0. The van der Waals surface area contributed by atoms with E-state index in [2.05, 4.69) is 25.7 Å². The van der Waals surface area contributed by atoms with Crippen LogP contribution in [0.1, 0.15) is 33.6 Å². The van der Waals surface area contributed by atoms with Gasteiger partial charge in [0.15, 0.2) is 0 Å². The summed E-state index contributed by atoms with van der Waals surface area (Å²) in [5.41, 5.74) is -0.208. The largest absolute Gasteiger partial charge is 0.379 e. The fraction of sp³-hybridized carbons (Fsp3) is 0.923. The number of hydrogen-bond donors (Lipinski definition) is 0. The van der Waals surface area contributed by atoms with Crippen molar-refractivity contribution in [3.8, 4) is 0 Å². The summed E-state index contributed by atoms with van der Waals surface area (Å²) < 4.78 is 5.29. The van der Waals surface area contributed by atoms with Crippen LogP contribution in [-0.4, -0.2) is 37.1 Å². The van der Waals surface area contributed by atoms with Crippen LogP contribution in [-0.2, 0) is 9.53 Å². The molecular formula is C13H23NO2.